The minimum absolute atomic E-state index is 0. The van der Waals surface area contributed by atoms with Gasteiger partial charge in [-0.2, -0.15) is 0 Å². The van der Waals surface area contributed by atoms with E-state index in [4.69, 9.17) is 5.11 Å². The van der Waals surface area contributed by atoms with Crippen molar-refractivity contribution in [2.45, 2.75) is 0 Å². The van der Waals surface area contributed by atoms with Crippen molar-refractivity contribution in [1.82, 2.24) is 0 Å². The van der Waals surface area contributed by atoms with Gasteiger partial charge in [0.2, 0.25) is 0 Å². The Labute approximate surface area is 80.5 Å². The summed E-state index contributed by atoms with van der Waals surface area (Å²) in [5.74, 6) is -0.176. The molecule has 0 bridgehead atoms. The first-order valence-corrected chi connectivity index (χ1v) is 2.42. The molecule has 4 heteroatoms. The summed E-state index contributed by atoms with van der Waals surface area (Å²) >= 11 is 0. The maximum atomic E-state index is 9.69. The van der Waals surface area contributed by atoms with Gasteiger partial charge in [0.15, 0.2) is 11.5 Å². The normalized spacial score (nSPS) is 8.10. The molecule has 0 amide bonds. The summed E-state index contributed by atoms with van der Waals surface area (Å²) in [6, 6.07) is 5.99. The number of phenolic OH excluding ortho intramolecular Hbond substituents is 1. The fourth-order valence-electron chi connectivity index (χ4n) is 0.528. The van der Waals surface area contributed by atoms with E-state index in [1.54, 1.807) is 12.1 Å². The van der Waals surface area contributed by atoms with Gasteiger partial charge in [-0.1, -0.05) is 12.1 Å². The van der Waals surface area contributed by atoms with Crippen LogP contribution in [0.15, 0.2) is 24.3 Å². The Morgan fingerprint density at radius 3 is 2.30 bits per heavy atom. The van der Waals surface area contributed by atoms with Gasteiger partial charge < -0.3 is 15.3 Å². The Bertz CT molecular complexity index is 202. The first-order valence-electron chi connectivity index (χ1n) is 2.42. The molecule has 48 valence electrons. The fourth-order valence-corrected chi connectivity index (χ4v) is 0.528. The monoisotopic (exact) mass is 148 g/mol. The van der Waals surface area contributed by atoms with Crippen molar-refractivity contribution < 1.29 is 44.8 Å². The van der Waals surface area contributed by atoms with Crippen LogP contribution in [0, 0.1) is 0 Å². The molecule has 10 heavy (non-hydrogen) atoms. The van der Waals surface area contributed by atoms with Crippen LogP contribution in [0.3, 0.4) is 0 Å². The quantitative estimate of drug-likeness (QED) is 0.263. The van der Waals surface area contributed by atoms with Crippen LogP contribution in [0.4, 0.5) is 0 Å². The topological polar surface area (TPSA) is 52.5 Å². The van der Waals surface area contributed by atoms with E-state index in [-0.39, 0.29) is 41.1 Å². The molecule has 3 nitrogen and oxygen atoms in total. The molecule has 0 aliphatic heterocycles. The molecule has 0 heterocycles. The predicted octanol–water partition coefficient (Wildman–Crippen LogP) is -2.95. The molecule has 0 saturated heterocycles. The van der Waals surface area contributed by atoms with Gasteiger partial charge in [-0.05, 0) is 12.1 Å². The third-order valence-electron chi connectivity index (χ3n) is 0.955. The van der Waals surface area contributed by atoms with E-state index in [0.717, 1.165) is 0 Å². The van der Waals surface area contributed by atoms with Gasteiger partial charge >= 0.3 is 29.6 Å². The van der Waals surface area contributed by atoms with Crippen molar-refractivity contribution >= 4 is 0 Å². The molecule has 0 saturated carbocycles. The zero-order valence-electron chi connectivity index (χ0n) is 5.57. The van der Waals surface area contributed by atoms with Crippen LogP contribution in [0.1, 0.15) is 0 Å². The summed E-state index contributed by atoms with van der Waals surface area (Å²) < 4.78 is 0. The van der Waals surface area contributed by atoms with Crippen LogP contribution in [0.25, 0.3) is 0 Å². The maximum absolute atomic E-state index is 9.69. The van der Waals surface area contributed by atoms with Crippen molar-refractivity contribution in [3.63, 3.8) is 0 Å². The molecule has 1 rings (SSSR count). The van der Waals surface area contributed by atoms with Gasteiger partial charge in [0.05, 0.1) is 0 Å². The van der Waals surface area contributed by atoms with Gasteiger partial charge in [0.1, 0.15) is 0 Å². The molecule has 0 spiro atoms. The van der Waals surface area contributed by atoms with Gasteiger partial charge in [-0.3, -0.25) is 0 Å². The first-order chi connectivity index (χ1) is 4.34. The van der Waals surface area contributed by atoms with Crippen molar-refractivity contribution in [2.24, 2.45) is 0 Å². The summed E-state index contributed by atoms with van der Waals surface area (Å²) in [6.07, 6.45) is 0. The van der Waals surface area contributed by atoms with Crippen LogP contribution in [0.5, 0.6) is 11.5 Å². The molecule has 0 aromatic heterocycles. The fraction of sp³-hybridized carbons (Fsp3) is 0. The van der Waals surface area contributed by atoms with Gasteiger partial charge in [0.25, 0.3) is 0 Å². The SMILES string of the molecule is [Na+].[O-]Oc1ccccc1O. The molecular formula is C6H5NaO3. The number of hydrogen-bond donors (Lipinski definition) is 1. The number of phenols is 1. The minimum atomic E-state index is -0.132. The number of para-hydroxylation sites is 2. The molecule has 1 aromatic rings. The summed E-state index contributed by atoms with van der Waals surface area (Å²) in [5, 5.41) is 18.5. The largest absolute Gasteiger partial charge is 1.00 e. The average Bonchev–Trinajstić information content (AvgIpc) is 1.89. The van der Waals surface area contributed by atoms with E-state index < -0.39 is 0 Å². The Kier molecular flexibility index (Phi) is 4.47. The average molecular weight is 148 g/mol. The van der Waals surface area contributed by atoms with Crippen molar-refractivity contribution in [3.8, 4) is 11.5 Å². The molecule has 0 fully saturated rings. The number of aromatic hydroxyl groups is 1. The number of benzene rings is 1. The molecule has 0 aliphatic rings. The van der Waals surface area contributed by atoms with E-state index >= 15 is 0 Å². The Morgan fingerprint density at radius 1 is 1.30 bits per heavy atom. The second-order valence-corrected chi connectivity index (χ2v) is 1.55. The third kappa shape index (κ3) is 2.19. The minimum Gasteiger partial charge on any atom is -0.664 e. The smallest absolute Gasteiger partial charge is 0.664 e. The standard InChI is InChI=1S/C6H6O3.Na/c7-5-3-1-2-4-6(5)9-8;/h1-4,7-8H;/q;+1/p-1. The predicted molar refractivity (Wildman–Crippen MR) is 28.7 cm³/mol. The van der Waals surface area contributed by atoms with E-state index in [0.29, 0.717) is 0 Å². The summed E-state index contributed by atoms with van der Waals surface area (Å²) in [7, 11) is 0. The van der Waals surface area contributed by atoms with Gasteiger partial charge in [0, 0.05) is 0 Å². The van der Waals surface area contributed by atoms with Crippen LogP contribution >= 0.6 is 0 Å². The van der Waals surface area contributed by atoms with Crippen LogP contribution < -0.4 is 39.7 Å². The van der Waals surface area contributed by atoms with E-state index in [1.807, 2.05) is 0 Å². The summed E-state index contributed by atoms with van der Waals surface area (Å²) in [6.45, 7) is 0. The van der Waals surface area contributed by atoms with Gasteiger partial charge in [-0.15, -0.1) is 0 Å². The van der Waals surface area contributed by atoms with E-state index in [9.17, 15) is 5.26 Å². The van der Waals surface area contributed by atoms with Crippen LogP contribution in [-0.4, -0.2) is 5.11 Å². The Hall–Kier alpha value is -0.220. The number of hydrogen-bond acceptors (Lipinski definition) is 3. The zero-order valence-corrected chi connectivity index (χ0v) is 7.57. The van der Waals surface area contributed by atoms with E-state index in [2.05, 4.69) is 4.89 Å². The second-order valence-electron chi connectivity index (χ2n) is 1.55. The first kappa shape index (κ1) is 9.78. The van der Waals surface area contributed by atoms with Crippen LogP contribution in [0.2, 0.25) is 0 Å². The molecule has 0 unspecified atom stereocenters. The molecule has 0 aliphatic carbocycles. The Morgan fingerprint density at radius 2 is 1.90 bits per heavy atom. The molecule has 0 radical (unpaired) electrons. The van der Waals surface area contributed by atoms with E-state index in [1.165, 1.54) is 12.1 Å². The summed E-state index contributed by atoms with van der Waals surface area (Å²) in [4.78, 5) is 3.54. The molecule has 1 aromatic carbocycles. The van der Waals surface area contributed by atoms with Gasteiger partial charge in [-0.25, -0.2) is 0 Å². The maximum Gasteiger partial charge on any atom is 1.00 e. The van der Waals surface area contributed by atoms with Crippen molar-refractivity contribution in [3.05, 3.63) is 24.3 Å². The summed E-state index contributed by atoms with van der Waals surface area (Å²) in [5.41, 5.74) is 0. The molecule has 1 N–H and O–H groups in total. The van der Waals surface area contributed by atoms with Crippen molar-refractivity contribution in [1.29, 1.82) is 0 Å². The molecular weight excluding hydrogens is 143 g/mol. The van der Waals surface area contributed by atoms with Crippen molar-refractivity contribution in [2.75, 3.05) is 0 Å². The zero-order chi connectivity index (χ0) is 6.69. The Balaban J connectivity index is 0.000000810. The van der Waals surface area contributed by atoms with Crippen LogP contribution in [-0.2, 0) is 0 Å². The number of rotatable bonds is 1. The second kappa shape index (κ2) is 4.57. The third-order valence-corrected chi connectivity index (χ3v) is 0.955. The molecule has 0 atom stereocenters.